The summed E-state index contributed by atoms with van der Waals surface area (Å²) < 4.78 is 16.9. The Hall–Kier alpha value is -1.85. The molecule has 0 aliphatic heterocycles. The Bertz CT molecular complexity index is 1070. The van der Waals surface area contributed by atoms with Crippen molar-refractivity contribution in [2.75, 3.05) is 13.2 Å². The second kappa shape index (κ2) is 58.7. The number of unbranched alkanes of at least 4 members (excludes halogenated alkanes) is 45. The maximum atomic E-state index is 12.9. The first-order chi connectivity index (χ1) is 34.0. The number of esters is 3. The molecule has 0 spiro atoms. The van der Waals surface area contributed by atoms with Crippen LogP contribution in [-0.2, 0) is 28.6 Å². The van der Waals surface area contributed by atoms with E-state index in [2.05, 4.69) is 32.9 Å². The van der Waals surface area contributed by atoms with Gasteiger partial charge in [-0.15, -0.1) is 0 Å². The van der Waals surface area contributed by atoms with E-state index in [0.717, 1.165) is 64.2 Å². The highest BCUT2D eigenvalue weighted by molar-refractivity contribution is 5.71. The second-order valence-corrected chi connectivity index (χ2v) is 21.3. The zero-order valence-electron chi connectivity index (χ0n) is 46.9. The fourth-order valence-corrected chi connectivity index (χ4v) is 9.55. The molecule has 0 aromatic heterocycles. The highest BCUT2D eigenvalue weighted by atomic mass is 16.6. The van der Waals surface area contributed by atoms with Gasteiger partial charge in [0, 0.05) is 19.3 Å². The Labute approximate surface area is 431 Å². The topological polar surface area (TPSA) is 78.9 Å². The Morgan fingerprint density at radius 2 is 0.493 bits per heavy atom. The summed E-state index contributed by atoms with van der Waals surface area (Å²) in [4.78, 5) is 38.2. The van der Waals surface area contributed by atoms with Gasteiger partial charge in [-0.1, -0.05) is 309 Å². The van der Waals surface area contributed by atoms with Gasteiger partial charge < -0.3 is 14.2 Å². The van der Waals surface area contributed by atoms with Crippen molar-refractivity contribution in [3.63, 3.8) is 0 Å². The molecule has 0 bridgehead atoms. The maximum Gasteiger partial charge on any atom is 0.306 e. The SMILES string of the molecule is CCCC/C=C\CCCCCCCC(=O)OCC(COC(=O)CCCCCCCCCCCCCCCCCCCCCC)OC(=O)CCCCCCCCCCCCCCCCCCCCCC. The molecule has 1 unspecified atom stereocenters. The minimum absolute atomic E-state index is 0.0663. The van der Waals surface area contributed by atoms with Crippen LogP contribution in [0.1, 0.15) is 355 Å². The fourth-order valence-electron chi connectivity index (χ4n) is 9.55. The standard InChI is InChI=1S/C63H120O6/c1-4-7-10-13-16-19-22-24-26-28-30-32-34-36-38-41-44-47-50-53-56-62(65)68-59-60(58-67-61(64)55-52-49-46-43-40-21-18-15-12-9-6-3)69-63(66)57-54-51-48-45-42-39-37-35-33-31-29-27-25-23-20-17-14-11-8-5-2/h15,18,60H,4-14,16-17,19-59H2,1-3H3/b18-15-. The van der Waals surface area contributed by atoms with Crippen LogP contribution in [0.15, 0.2) is 12.2 Å². The number of ether oxygens (including phenoxy) is 3. The van der Waals surface area contributed by atoms with Crippen LogP contribution < -0.4 is 0 Å². The molecule has 0 aliphatic carbocycles. The van der Waals surface area contributed by atoms with E-state index in [4.69, 9.17) is 14.2 Å². The van der Waals surface area contributed by atoms with Crippen molar-refractivity contribution in [2.45, 2.75) is 361 Å². The summed E-state index contributed by atoms with van der Waals surface area (Å²) in [5, 5.41) is 0. The average Bonchev–Trinajstić information content (AvgIpc) is 3.35. The van der Waals surface area contributed by atoms with Gasteiger partial charge in [-0.3, -0.25) is 14.4 Å². The third kappa shape index (κ3) is 56.9. The lowest BCUT2D eigenvalue weighted by Gasteiger charge is -2.18. The van der Waals surface area contributed by atoms with Crippen LogP contribution in [0.3, 0.4) is 0 Å². The van der Waals surface area contributed by atoms with Gasteiger partial charge in [-0.05, 0) is 38.5 Å². The van der Waals surface area contributed by atoms with Crippen molar-refractivity contribution < 1.29 is 28.6 Å². The number of hydrogen-bond acceptors (Lipinski definition) is 6. The van der Waals surface area contributed by atoms with Gasteiger partial charge in [-0.25, -0.2) is 0 Å². The molecular formula is C63H120O6. The molecule has 6 heteroatoms. The van der Waals surface area contributed by atoms with Crippen molar-refractivity contribution in [3.8, 4) is 0 Å². The Kier molecular flexibility index (Phi) is 57.1. The lowest BCUT2D eigenvalue weighted by Crippen LogP contribution is -2.30. The first-order valence-corrected chi connectivity index (χ1v) is 31.2. The number of carbonyl (C=O) groups is 3. The molecule has 0 saturated heterocycles. The van der Waals surface area contributed by atoms with Crippen molar-refractivity contribution in [1.29, 1.82) is 0 Å². The summed E-state index contributed by atoms with van der Waals surface area (Å²) in [6.45, 7) is 6.67. The van der Waals surface area contributed by atoms with Gasteiger partial charge in [0.05, 0.1) is 0 Å². The van der Waals surface area contributed by atoms with Crippen LogP contribution in [0.5, 0.6) is 0 Å². The van der Waals surface area contributed by atoms with Gasteiger partial charge >= 0.3 is 17.9 Å². The van der Waals surface area contributed by atoms with Crippen molar-refractivity contribution in [2.24, 2.45) is 0 Å². The molecule has 69 heavy (non-hydrogen) atoms. The first kappa shape index (κ1) is 67.1. The summed E-state index contributed by atoms with van der Waals surface area (Å²) in [7, 11) is 0. The minimum Gasteiger partial charge on any atom is -0.462 e. The molecule has 0 rings (SSSR count). The lowest BCUT2D eigenvalue weighted by molar-refractivity contribution is -0.167. The molecule has 0 amide bonds. The normalized spacial score (nSPS) is 12.0. The smallest absolute Gasteiger partial charge is 0.306 e. The van der Waals surface area contributed by atoms with E-state index in [1.54, 1.807) is 0 Å². The van der Waals surface area contributed by atoms with Crippen LogP contribution in [0, 0.1) is 0 Å². The Morgan fingerprint density at radius 1 is 0.275 bits per heavy atom. The van der Waals surface area contributed by atoms with E-state index >= 15 is 0 Å². The molecule has 0 heterocycles. The molecule has 0 aliphatic rings. The third-order valence-corrected chi connectivity index (χ3v) is 14.3. The first-order valence-electron chi connectivity index (χ1n) is 31.2. The van der Waals surface area contributed by atoms with Gasteiger partial charge in [0.1, 0.15) is 13.2 Å². The van der Waals surface area contributed by atoms with Crippen LogP contribution in [0.2, 0.25) is 0 Å². The van der Waals surface area contributed by atoms with Crippen LogP contribution in [0.25, 0.3) is 0 Å². The minimum atomic E-state index is -0.768. The van der Waals surface area contributed by atoms with Gasteiger partial charge in [0.15, 0.2) is 6.10 Å². The predicted molar refractivity (Wildman–Crippen MR) is 298 cm³/mol. The molecule has 0 aromatic rings. The third-order valence-electron chi connectivity index (χ3n) is 14.3. The zero-order valence-corrected chi connectivity index (χ0v) is 46.9. The van der Waals surface area contributed by atoms with Gasteiger partial charge in [-0.2, -0.15) is 0 Å². The number of allylic oxidation sites excluding steroid dienone is 2. The van der Waals surface area contributed by atoms with Crippen LogP contribution in [-0.4, -0.2) is 37.2 Å². The predicted octanol–water partition coefficient (Wildman–Crippen LogP) is 20.9. The number of carbonyl (C=O) groups excluding carboxylic acids is 3. The van der Waals surface area contributed by atoms with Crippen LogP contribution >= 0.6 is 0 Å². The van der Waals surface area contributed by atoms with E-state index in [0.29, 0.717) is 19.3 Å². The van der Waals surface area contributed by atoms with E-state index in [1.807, 2.05) is 0 Å². The summed E-state index contributed by atoms with van der Waals surface area (Å²) >= 11 is 0. The maximum absolute atomic E-state index is 12.9. The Balaban J connectivity index is 4.22. The molecule has 0 aromatic carbocycles. The largest absolute Gasteiger partial charge is 0.462 e. The summed E-state index contributed by atoms with van der Waals surface area (Å²) in [6.07, 6.45) is 67.9. The van der Waals surface area contributed by atoms with Crippen LogP contribution in [0.4, 0.5) is 0 Å². The summed E-state index contributed by atoms with van der Waals surface area (Å²) in [6, 6.07) is 0. The highest BCUT2D eigenvalue weighted by Gasteiger charge is 2.19. The average molecular weight is 974 g/mol. The zero-order chi connectivity index (χ0) is 50.0. The molecule has 408 valence electrons. The molecular weight excluding hydrogens is 853 g/mol. The molecule has 0 N–H and O–H groups in total. The van der Waals surface area contributed by atoms with E-state index in [1.165, 1.54) is 250 Å². The molecule has 0 saturated carbocycles. The molecule has 6 nitrogen and oxygen atoms in total. The Morgan fingerprint density at radius 3 is 0.768 bits per heavy atom. The van der Waals surface area contributed by atoms with Crippen molar-refractivity contribution in [3.05, 3.63) is 12.2 Å². The molecule has 0 fully saturated rings. The van der Waals surface area contributed by atoms with E-state index in [-0.39, 0.29) is 31.1 Å². The number of rotatable bonds is 58. The highest BCUT2D eigenvalue weighted by Crippen LogP contribution is 2.18. The van der Waals surface area contributed by atoms with Crippen molar-refractivity contribution >= 4 is 17.9 Å². The van der Waals surface area contributed by atoms with Gasteiger partial charge in [0.25, 0.3) is 0 Å². The van der Waals surface area contributed by atoms with Gasteiger partial charge in [0.2, 0.25) is 0 Å². The molecule has 0 radical (unpaired) electrons. The van der Waals surface area contributed by atoms with E-state index in [9.17, 15) is 14.4 Å². The molecule has 1 atom stereocenters. The summed E-state index contributed by atoms with van der Waals surface area (Å²) in [5.41, 5.74) is 0. The monoisotopic (exact) mass is 973 g/mol. The quantitative estimate of drug-likeness (QED) is 0.0261. The lowest BCUT2D eigenvalue weighted by atomic mass is 10.0. The summed E-state index contributed by atoms with van der Waals surface area (Å²) in [5.74, 6) is -0.848. The number of hydrogen-bond donors (Lipinski definition) is 0. The fraction of sp³-hybridized carbons (Fsp3) is 0.921. The van der Waals surface area contributed by atoms with Crippen molar-refractivity contribution in [1.82, 2.24) is 0 Å². The van der Waals surface area contributed by atoms with E-state index < -0.39 is 6.10 Å². The second-order valence-electron chi connectivity index (χ2n) is 21.3.